The zero-order chi connectivity index (χ0) is 10.6. The molecule has 1 N–H and O–H groups in total. The second-order valence-corrected chi connectivity index (χ2v) is 3.94. The van der Waals surface area contributed by atoms with Crippen LogP contribution in [0.25, 0.3) is 0 Å². The topological polar surface area (TPSA) is 42.7 Å². The number of aromatic nitrogens is 3. The molecule has 1 unspecified atom stereocenters. The van der Waals surface area contributed by atoms with E-state index < -0.39 is 0 Å². The highest BCUT2D eigenvalue weighted by atomic mass is 15.3. The summed E-state index contributed by atoms with van der Waals surface area (Å²) in [6.45, 7) is 7.47. The van der Waals surface area contributed by atoms with E-state index in [2.05, 4.69) is 36.2 Å². The number of nitrogens with zero attached hydrogens (tertiary/aromatic N) is 3. The second-order valence-electron chi connectivity index (χ2n) is 3.94. The molecule has 1 aromatic rings. The van der Waals surface area contributed by atoms with Crippen LogP contribution in [-0.4, -0.2) is 20.8 Å². The summed E-state index contributed by atoms with van der Waals surface area (Å²) in [6, 6.07) is 0.562. The number of hydrogen-bond donors (Lipinski definition) is 1. The Bertz CT molecular complexity index is 267. The summed E-state index contributed by atoms with van der Waals surface area (Å²) in [5.41, 5.74) is 0. The molecule has 0 aromatic carbocycles. The zero-order valence-corrected chi connectivity index (χ0v) is 9.49. The largest absolute Gasteiger partial charge is 0.307 e. The molecule has 0 saturated heterocycles. The van der Waals surface area contributed by atoms with Gasteiger partial charge in [0.1, 0.15) is 12.2 Å². The summed E-state index contributed by atoms with van der Waals surface area (Å²) < 4.78 is 1.81. The maximum absolute atomic E-state index is 4.17. The molecule has 0 radical (unpaired) electrons. The molecule has 1 atom stereocenters. The van der Waals surface area contributed by atoms with Gasteiger partial charge in [0.15, 0.2) is 0 Å². The Hall–Kier alpha value is -0.900. The van der Waals surface area contributed by atoms with Gasteiger partial charge in [-0.25, -0.2) is 4.98 Å². The highest BCUT2D eigenvalue weighted by Crippen LogP contribution is 2.05. The molecule has 0 bridgehead atoms. The Kier molecular flexibility index (Phi) is 4.07. The minimum atomic E-state index is 0.562. The predicted molar refractivity (Wildman–Crippen MR) is 56.8 cm³/mol. The summed E-state index contributed by atoms with van der Waals surface area (Å²) in [5, 5.41) is 7.52. The first kappa shape index (κ1) is 11.2. The lowest BCUT2D eigenvalue weighted by atomic mass is 10.0. The van der Waals surface area contributed by atoms with Crippen LogP contribution in [0.5, 0.6) is 0 Å². The van der Waals surface area contributed by atoms with Gasteiger partial charge in [-0.1, -0.05) is 20.8 Å². The average molecular weight is 196 g/mol. The van der Waals surface area contributed by atoms with Crippen LogP contribution < -0.4 is 5.32 Å². The van der Waals surface area contributed by atoms with E-state index in [0.29, 0.717) is 12.0 Å². The van der Waals surface area contributed by atoms with Crippen molar-refractivity contribution < 1.29 is 0 Å². The van der Waals surface area contributed by atoms with E-state index in [-0.39, 0.29) is 0 Å². The van der Waals surface area contributed by atoms with E-state index >= 15 is 0 Å². The van der Waals surface area contributed by atoms with Gasteiger partial charge in [-0.3, -0.25) is 4.68 Å². The van der Waals surface area contributed by atoms with Gasteiger partial charge >= 0.3 is 0 Å². The SMILES string of the molecule is CCC(NCc1ncnn1C)C(C)C. The second kappa shape index (κ2) is 5.10. The first-order valence-corrected chi connectivity index (χ1v) is 5.21. The van der Waals surface area contributed by atoms with Gasteiger partial charge < -0.3 is 5.32 Å². The Morgan fingerprint density at radius 1 is 1.50 bits per heavy atom. The van der Waals surface area contributed by atoms with E-state index in [1.165, 1.54) is 0 Å². The van der Waals surface area contributed by atoms with Gasteiger partial charge in [-0.15, -0.1) is 0 Å². The van der Waals surface area contributed by atoms with Crippen LogP contribution in [0.3, 0.4) is 0 Å². The molecule has 1 aromatic heterocycles. The first-order valence-electron chi connectivity index (χ1n) is 5.21. The standard InChI is InChI=1S/C10H20N4/c1-5-9(8(2)3)11-6-10-12-7-13-14(10)4/h7-9,11H,5-6H2,1-4H3. The van der Waals surface area contributed by atoms with Crippen molar-refractivity contribution in [1.82, 2.24) is 20.1 Å². The molecule has 80 valence electrons. The monoisotopic (exact) mass is 196 g/mol. The number of nitrogens with one attached hydrogen (secondary N) is 1. The third kappa shape index (κ3) is 2.80. The van der Waals surface area contributed by atoms with Crippen molar-refractivity contribution in [3.05, 3.63) is 12.2 Å². The van der Waals surface area contributed by atoms with Crippen LogP contribution in [0.1, 0.15) is 33.0 Å². The lowest BCUT2D eigenvalue weighted by molar-refractivity contribution is 0.380. The summed E-state index contributed by atoms with van der Waals surface area (Å²) in [7, 11) is 1.92. The van der Waals surface area contributed by atoms with Gasteiger partial charge in [0.25, 0.3) is 0 Å². The minimum Gasteiger partial charge on any atom is -0.307 e. The van der Waals surface area contributed by atoms with Gasteiger partial charge in [0, 0.05) is 13.1 Å². The maximum atomic E-state index is 4.17. The summed E-state index contributed by atoms with van der Waals surface area (Å²) in [5.74, 6) is 1.65. The fourth-order valence-electron chi connectivity index (χ4n) is 1.55. The normalized spacial score (nSPS) is 13.5. The summed E-state index contributed by atoms with van der Waals surface area (Å²) in [6.07, 6.45) is 2.74. The number of hydrogen-bond acceptors (Lipinski definition) is 3. The van der Waals surface area contributed by atoms with Gasteiger partial charge in [0.05, 0.1) is 6.54 Å². The molecule has 14 heavy (non-hydrogen) atoms. The van der Waals surface area contributed by atoms with Crippen LogP contribution >= 0.6 is 0 Å². The molecular weight excluding hydrogens is 176 g/mol. The molecule has 0 fully saturated rings. The molecular formula is C10H20N4. The molecule has 0 aliphatic heterocycles. The Morgan fingerprint density at radius 2 is 2.21 bits per heavy atom. The van der Waals surface area contributed by atoms with Gasteiger partial charge in [-0.05, 0) is 12.3 Å². The number of rotatable bonds is 5. The molecule has 0 amide bonds. The molecule has 0 spiro atoms. The first-order chi connectivity index (χ1) is 6.65. The van der Waals surface area contributed by atoms with Crippen molar-refractivity contribution in [3.63, 3.8) is 0 Å². The van der Waals surface area contributed by atoms with Crippen molar-refractivity contribution in [2.75, 3.05) is 0 Å². The van der Waals surface area contributed by atoms with Crippen LogP contribution in [0.15, 0.2) is 6.33 Å². The van der Waals surface area contributed by atoms with E-state index in [1.54, 1.807) is 11.0 Å². The van der Waals surface area contributed by atoms with Crippen molar-refractivity contribution in [2.24, 2.45) is 13.0 Å². The van der Waals surface area contributed by atoms with E-state index in [9.17, 15) is 0 Å². The Balaban J connectivity index is 2.43. The van der Waals surface area contributed by atoms with Crippen molar-refractivity contribution >= 4 is 0 Å². The Morgan fingerprint density at radius 3 is 2.64 bits per heavy atom. The van der Waals surface area contributed by atoms with Crippen molar-refractivity contribution in [2.45, 2.75) is 39.8 Å². The van der Waals surface area contributed by atoms with Crippen molar-refractivity contribution in [3.8, 4) is 0 Å². The van der Waals surface area contributed by atoms with E-state index in [0.717, 1.165) is 18.8 Å². The third-order valence-electron chi connectivity index (χ3n) is 2.57. The smallest absolute Gasteiger partial charge is 0.140 e. The van der Waals surface area contributed by atoms with Crippen LogP contribution in [0, 0.1) is 5.92 Å². The summed E-state index contributed by atoms with van der Waals surface area (Å²) >= 11 is 0. The van der Waals surface area contributed by atoms with Crippen molar-refractivity contribution in [1.29, 1.82) is 0 Å². The molecule has 4 nitrogen and oxygen atoms in total. The molecule has 1 rings (SSSR count). The van der Waals surface area contributed by atoms with Crippen LogP contribution in [-0.2, 0) is 13.6 Å². The Labute approximate surface area is 85.7 Å². The maximum Gasteiger partial charge on any atom is 0.140 e. The van der Waals surface area contributed by atoms with Gasteiger partial charge in [-0.2, -0.15) is 5.10 Å². The lowest BCUT2D eigenvalue weighted by Crippen LogP contribution is -2.33. The minimum absolute atomic E-state index is 0.562. The number of aryl methyl sites for hydroxylation is 1. The molecule has 4 heteroatoms. The fourth-order valence-corrected chi connectivity index (χ4v) is 1.55. The average Bonchev–Trinajstić information content (AvgIpc) is 2.52. The predicted octanol–water partition coefficient (Wildman–Crippen LogP) is 1.34. The summed E-state index contributed by atoms with van der Waals surface area (Å²) in [4.78, 5) is 4.17. The van der Waals surface area contributed by atoms with E-state index in [1.807, 2.05) is 7.05 Å². The molecule has 1 heterocycles. The van der Waals surface area contributed by atoms with Crippen LogP contribution in [0.2, 0.25) is 0 Å². The molecule has 0 aliphatic rings. The third-order valence-corrected chi connectivity index (χ3v) is 2.57. The molecule has 0 saturated carbocycles. The lowest BCUT2D eigenvalue weighted by Gasteiger charge is -2.20. The fraction of sp³-hybridized carbons (Fsp3) is 0.800. The van der Waals surface area contributed by atoms with Gasteiger partial charge in [0.2, 0.25) is 0 Å². The quantitative estimate of drug-likeness (QED) is 0.772. The van der Waals surface area contributed by atoms with Crippen LogP contribution in [0.4, 0.5) is 0 Å². The van der Waals surface area contributed by atoms with E-state index in [4.69, 9.17) is 0 Å². The molecule has 0 aliphatic carbocycles. The highest BCUT2D eigenvalue weighted by Gasteiger charge is 2.10. The zero-order valence-electron chi connectivity index (χ0n) is 9.49. The highest BCUT2D eigenvalue weighted by molar-refractivity contribution is 4.84.